The fourth-order valence-corrected chi connectivity index (χ4v) is 3.35. The highest BCUT2D eigenvalue weighted by atomic mass is 16.5. The van der Waals surface area contributed by atoms with Crippen LogP contribution in [-0.2, 0) is 23.1 Å². The van der Waals surface area contributed by atoms with Crippen LogP contribution >= 0.6 is 0 Å². The van der Waals surface area contributed by atoms with Crippen molar-refractivity contribution in [1.82, 2.24) is 25.5 Å². The van der Waals surface area contributed by atoms with Gasteiger partial charge in [0, 0.05) is 45.6 Å². The van der Waals surface area contributed by atoms with Crippen LogP contribution in [0.2, 0.25) is 0 Å². The van der Waals surface area contributed by atoms with Crippen LogP contribution in [0.25, 0.3) is 0 Å². The Bertz CT molecular complexity index is 763. The first-order chi connectivity index (χ1) is 13.1. The van der Waals surface area contributed by atoms with E-state index < -0.39 is 0 Å². The molecule has 8 heteroatoms. The maximum atomic E-state index is 13.3. The second kappa shape index (κ2) is 8.98. The van der Waals surface area contributed by atoms with Gasteiger partial charge in [0.25, 0.3) is 0 Å². The van der Waals surface area contributed by atoms with Crippen molar-refractivity contribution in [2.24, 2.45) is 13.0 Å². The summed E-state index contributed by atoms with van der Waals surface area (Å²) in [5.74, 6) is 0.644. The van der Waals surface area contributed by atoms with Crippen molar-refractivity contribution in [3.63, 3.8) is 0 Å². The first kappa shape index (κ1) is 19.3. The molecule has 1 aliphatic rings. The quantitative estimate of drug-likeness (QED) is 0.715. The molecule has 0 aliphatic carbocycles. The lowest BCUT2D eigenvalue weighted by Gasteiger charge is -2.27. The number of rotatable bonds is 8. The topological polar surface area (TPSA) is 80.7 Å². The number of amides is 1. The minimum Gasteiger partial charge on any atom is -0.497 e. The van der Waals surface area contributed by atoms with Crippen LogP contribution < -0.4 is 15.6 Å². The summed E-state index contributed by atoms with van der Waals surface area (Å²) >= 11 is 0. The molecule has 8 nitrogen and oxygen atoms in total. The molecule has 2 N–H and O–H groups in total. The third-order valence-electron chi connectivity index (χ3n) is 4.76. The first-order valence-electron chi connectivity index (χ1n) is 9.00. The van der Waals surface area contributed by atoms with Gasteiger partial charge in [-0.1, -0.05) is 12.1 Å². The Morgan fingerprint density at radius 3 is 2.96 bits per heavy atom. The summed E-state index contributed by atoms with van der Waals surface area (Å²) in [5.41, 5.74) is 8.38. The van der Waals surface area contributed by atoms with Crippen LogP contribution in [0.1, 0.15) is 17.2 Å². The number of hydrazine groups is 1. The van der Waals surface area contributed by atoms with Gasteiger partial charge < -0.3 is 14.4 Å². The van der Waals surface area contributed by atoms with E-state index in [2.05, 4.69) is 16.0 Å². The Kier molecular flexibility index (Phi) is 6.44. The maximum Gasteiger partial charge on any atom is 0.229 e. The zero-order chi connectivity index (χ0) is 19.2. The lowest BCUT2D eigenvalue weighted by molar-refractivity contribution is -0.136. The average Bonchev–Trinajstić information content (AvgIpc) is 3.33. The zero-order valence-corrected chi connectivity index (χ0v) is 16.0. The molecule has 0 radical (unpaired) electrons. The molecule has 0 bridgehead atoms. The van der Waals surface area contributed by atoms with Crippen LogP contribution in [0.15, 0.2) is 36.7 Å². The molecule has 2 heterocycles. The summed E-state index contributed by atoms with van der Waals surface area (Å²) in [7, 11) is 5.15. The van der Waals surface area contributed by atoms with E-state index in [-0.39, 0.29) is 17.9 Å². The Balaban J connectivity index is 1.78. The SMILES string of the molecule is COCCN(Cc1cnn(C)c1)C(=O)C1CNNC1c1cccc(OC)c1. The van der Waals surface area contributed by atoms with Crippen molar-refractivity contribution in [1.29, 1.82) is 0 Å². The van der Waals surface area contributed by atoms with Gasteiger partial charge in [0.05, 0.1) is 31.9 Å². The predicted molar refractivity (Wildman–Crippen MR) is 101 cm³/mol. The molecule has 1 aliphatic heterocycles. The standard InChI is InChI=1S/C19H27N5O3/c1-23-12-14(10-21-23)13-24(7-8-26-2)19(25)17-11-20-22-18(17)15-5-4-6-16(9-15)27-3/h4-6,9-10,12,17-18,20,22H,7-8,11,13H2,1-3H3. The van der Waals surface area contributed by atoms with E-state index in [4.69, 9.17) is 9.47 Å². The molecule has 1 aromatic heterocycles. The predicted octanol–water partition coefficient (Wildman–Crippen LogP) is 0.869. The largest absolute Gasteiger partial charge is 0.497 e. The van der Waals surface area contributed by atoms with Crippen molar-refractivity contribution in [3.05, 3.63) is 47.8 Å². The van der Waals surface area contributed by atoms with E-state index in [0.717, 1.165) is 16.9 Å². The number of carbonyl (C=O) groups is 1. The third-order valence-corrected chi connectivity index (χ3v) is 4.76. The van der Waals surface area contributed by atoms with Gasteiger partial charge in [-0.2, -0.15) is 5.10 Å². The second-order valence-electron chi connectivity index (χ2n) is 6.66. The second-order valence-corrected chi connectivity index (χ2v) is 6.66. The fraction of sp³-hybridized carbons (Fsp3) is 0.474. The van der Waals surface area contributed by atoms with Gasteiger partial charge in [0.2, 0.25) is 5.91 Å². The average molecular weight is 373 g/mol. The maximum absolute atomic E-state index is 13.3. The number of aromatic nitrogens is 2. The van der Waals surface area contributed by atoms with Gasteiger partial charge in [0.1, 0.15) is 5.75 Å². The van der Waals surface area contributed by atoms with Gasteiger partial charge in [-0.05, 0) is 17.7 Å². The molecule has 2 aromatic rings. The van der Waals surface area contributed by atoms with Gasteiger partial charge in [-0.15, -0.1) is 0 Å². The molecule has 3 rings (SSSR count). The molecule has 1 aromatic carbocycles. The Hall–Kier alpha value is -2.42. The van der Waals surface area contributed by atoms with Crippen LogP contribution in [0.5, 0.6) is 5.75 Å². The first-order valence-corrected chi connectivity index (χ1v) is 9.00. The summed E-state index contributed by atoms with van der Waals surface area (Å²) in [6.45, 7) is 2.10. The number of hydrogen-bond donors (Lipinski definition) is 2. The lowest BCUT2D eigenvalue weighted by atomic mass is 9.93. The number of carbonyl (C=O) groups excluding carboxylic acids is 1. The number of nitrogens with one attached hydrogen (secondary N) is 2. The molecule has 0 saturated carbocycles. The molecule has 2 atom stereocenters. The van der Waals surface area contributed by atoms with Crippen molar-refractivity contribution < 1.29 is 14.3 Å². The van der Waals surface area contributed by atoms with E-state index in [9.17, 15) is 4.79 Å². The number of methoxy groups -OCH3 is 2. The molecule has 27 heavy (non-hydrogen) atoms. The summed E-state index contributed by atoms with van der Waals surface area (Å²) in [6.07, 6.45) is 3.72. The smallest absolute Gasteiger partial charge is 0.229 e. The van der Waals surface area contributed by atoms with E-state index in [1.54, 1.807) is 25.1 Å². The number of hydrogen-bond acceptors (Lipinski definition) is 6. The lowest BCUT2D eigenvalue weighted by Crippen LogP contribution is -2.40. The number of nitrogens with zero attached hydrogens (tertiary/aromatic N) is 3. The molecular weight excluding hydrogens is 346 g/mol. The molecular formula is C19H27N5O3. The van der Waals surface area contributed by atoms with E-state index in [1.807, 2.05) is 42.4 Å². The van der Waals surface area contributed by atoms with Gasteiger partial charge in [-0.3, -0.25) is 14.9 Å². The molecule has 1 saturated heterocycles. The Morgan fingerprint density at radius 1 is 1.41 bits per heavy atom. The normalized spacial score (nSPS) is 19.2. The highest BCUT2D eigenvalue weighted by Gasteiger charge is 2.36. The van der Waals surface area contributed by atoms with Gasteiger partial charge in [0.15, 0.2) is 0 Å². The van der Waals surface area contributed by atoms with Crippen molar-refractivity contribution in [3.8, 4) is 5.75 Å². The highest BCUT2D eigenvalue weighted by molar-refractivity contribution is 5.80. The molecule has 2 unspecified atom stereocenters. The van der Waals surface area contributed by atoms with E-state index >= 15 is 0 Å². The Morgan fingerprint density at radius 2 is 2.26 bits per heavy atom. The van der Waals surface area contributed by atoms with Gasteiger partial charge in [-0.25, -0.2) is 5.43 Å². The number of ether oxygens (including phenoxy) is 2. The minimum absolute atomic E-state index is 0.0845. The zero-order valence-electron chi connectivity index (χ0n) is 16.0. The van der Waals surface area contributed by atoms with Crippen LogP contribution in [0.4, 0.5) is 0 Å². The minimum atomic E-state index is -0.217. The fourth-order valence-electron chi connectivity index (χ4n) is 3.35. The summed E-state index contributed by atoms with van der Waals surface area (Å²) in [5, 5.41) is 4.20. The summed E-state index contributed by atoms with van der Waals surface area (Å²) < 4.78 is 12.3. The number of benzene rings is 1. The van der Waals surface area contributed by atoms with Crippen molar-refractivity contribution >= 4 is 5.91 Å². The van der Waals surface area contributed by atoms with E-state index in [1.165, 1.54) is 0 Å². The third kappa shape index (κ3) is 4.65. The van der Waals surface area contributed by atoms with Crippen LogP contribution in [0, 0.1) is 5.92 Å². The van der Waals surface area contributed by atoms with Gasteiger partial charge >= 0.3 is 0 Å². The number of aryl methyl sites for hydroxylation is 1. The molecule has 1 amide bonds. The molecule has 146 valence electrons. The van der Waals surface area contributed by atoms with Crippen molar-refractivity contribution in [2.45, 2.75) is 12.6 Å². The monoisotopic (exact) mass is 373 g/mol. The summed E-state index contributed by atoms with van der Waals surface area (Å²) in [6, 6.07) is 7.69. The van der Waals surface area contributed by atoms with Crippen LogP contribution in [0.3, 0.4) is 0 Å². The molecule has 1 fully saturated rings. The van der Waals surface area contributed by atoms with Crippen LogP contribution in [-0.4, -0.2) is 54.5 Å². The highest BCUT2D eigenvalue weighted by Crippen LogP contribution is 2.29. The van der Waals surface area contributed by atoms with Crippen molar-refractivity contribution in [2.75, 3.05) is 33.9 Å². The van der Waals surface area contributed by atoms with E-state index in [0.29, 0.717) is 26.2 Å². The molecule has 0 spiro atoms. The Labute approximate surface area is 159 Å². The summed E-state index contributed by atoms with van der Waals surface area (Å²) in [4.78, 5) is 15.2.